The molecular weight excluding hydrogens is 75.1 g/mol. The molecule has 32 valence electrons. The van der Waals surface area contributed by atoms with E-state index in [9.17, 15) is 0 Å². The minimum atomic E-state index is 0. The second kappa shape index (κ2) is 1210. The van der Waals surface area contributed by atoms with Crippen molar-refractivity contribution in [3.05, 3.63) is 0 Å². The van der Waals surface area contributed by atoms with Crippen LogP contribution in [0.3, 0.4) is 0 Å². The van der Waals surface area contributed by atoms with Gasteiger partial charge in [0.05, 0.1) is 0 Å². The van der Waals surface area contributed by atoms with E-state index in [2.05, 4.69) is 0 Å². The SMILES string of the molecule is C.F.O.[SiH4]. The third kappa shape index (κ3) is 226. The second-order valence-corrected chi connectivity index (χ2v) is 0. The lowest BCUT2D eigenvalue weighted by atomic mass is 12.0. The summed E-state index contributed by atoms with van der Waals surface area (Å²) in [6, 6.07) is 0. The zero-order chi connectivity index (χ0) is 0. The monoisotopic (exact) mass is 86.1 g/mol. The number of hydrogen-bond donors (Lipinski definition) is 0. The Bertz CT molecular complexity index is 8.00. The molecule has 0 amide bonds. The first kappa shape index (κ1) is 3470. The summed E-state index contributed by atoms with van der Waals surface area (Å²) < 4.78 is 0. The van der Waals surface area contributed by atoms with E-state index >= 15 is 0 Å². The van der Waals surface area contributed by atoms with Gasteiger partial charge in [-0.1, -0.05) is 7.43 Å². The first-order valence-electron chi connectivity index (χ1n) is 0. The molecule has 0 aliphatic carbocycles. The third-order valence-electron chi connectivity index (χ3n) is 0. The quantitative estimate of drug-likeness (QED) is 0.322. The molecule has 0 heterocycles. The van der Waals surface area contributed by atoms with Gasteiger partial charge in [0.1, 0.15) is 0 Å². The van der Waals surface area contributed by atoms with Crippen LogP contribution < -0.4 is 0 Å². The molecule has 0 rings (SSSR count). The molecule has 0 atom stereocenters. The fourth-order valence-electron chi connectivity index (χ4n) is 0. The lowest BCUT2D eigenvalue weighted by Gasteiger charge is -0.412. The van der Waals surface area contributed by atoms with Crippen molar-refractivity contribution in [2.24, 2.45) is 0 Å². The van der Waals surface area contributed by atoms with Crippen LogP contribution in [-0.4, -0.2) is 16.4 Å². The van der Waals surface area contributed by atoms with E-state index in [1.54, 1.807) is 0 Å². The smallest absolute Gasteiger partial charge is 0.0149 e. The molecule has 0 aliphatic heterocycles. The highest BCUT2D eigenvalue weighted by Gasteiger charge is -0.0148. The Morgan fingerprint density at radius 2 is 1.00 bits per heavy atom. The van der Waals surface area contributed by atoms with Crippen LogP contribution in [0, 0.1) is 0 Å². The lowest BCUT2D eigenvalue weighted by molar-refractivity contribution is 0.824. The van der Waals surface area contributed by atoms with Gasteiger partial charge < -0.3 is 5.48 Å². The fraction of sp³-hybridized carbons (Fsp3) is 1.00. The van der Waals surface area contributed by atoms with Gasteiger partial charge in [-0.15, -0.1) is 0 Å². The number of hydrogen-bond acceptors (Lipinski definition) is 0. The Kier molecular flexibility index (Phi) is 1050000. The highest BCUT2D eigenvalue weighted by molar-refractivity contribution is 5.75. The molecule has 0 aromatic carbocycles. The molecule has 0 radical (unpaired) electrons. The Morgan fingerprint density at radius 3 is 1.00 bits per heavy atom. The molecule has 4 heavy (non-hydrogen) atoms. The minimum Gasteiger partial charge on any atom is -0.412 e. The maximum absolute atomic E-state index is 0. The molecule has 0 saturated heterocycles. The van der Waals surface area contributed by atoms with Crippen molar-refractivity contribution in [1.29, 1.82) is 0 Å². The van der Waals surface area contributed by atoms with Gasteiger partial charge in [0.25, 0.3) is 0 Å². The van der Waals surface area contributed by atoms with Crippen molar-refractivity contribution < 1.29 is 10.2 Å². The summed E-state index contributed by atoms with van der Waals surface area (Å²) >= 11 is 0. The molecule has 0 aromatic heterocycles. The normalized spacial score (nSPS) is 0. The van der Waals surface area contributed by atoms with E-state index in [1.807, 2.05) is 0 Å². The van der Waals surface area contributed by atoms with Gasteiger partial charge >= 0.3 is 0 Å². The van der Waals surface area contributed by atoms with Gasteiger partial charge in [-0.2, -0.15) is 0 Å². The second-order valence-electron chi connectivity index (χ2n) is 0. The molecule has 0 aromatic rings. The predicted octanol–water partition coefficient (Wildman–Crippen LogP) is -1.49. The van der Waals surface area contributed by atoms with Crippen LogP contribution in [0.15, 0.2) is 0 Å². The molecule has 1 nitrogen and oxygen atoms in total. The van der Waals surface area contributed by atoms with Gasteiger partial charge in [-0.3, -0.25) is 4.70 Å². The topological polar surface area (TPSA) is 31.5 Å². The van der Waals surface area contributed by atoms with E-state index < -0.39 is 0 Å². The summed E-state index contributed by atoms with van der Waals surface area (Å²) in [5, 5.41) is 0. The molecule has 0 unspecified atom stereocenters. The van der Waals surface area contributed by atoms with Gasteiger partial charge in [0, 0.05) is 0 Å². The Labute approximate surface area is 29.7 Å². The van der Waals surface area contributed by atoms with Crippen LogP contribution in [0.2, 0.25) is 0 Å². The molecule has 3 heteroatoms. The van der Waals surface area contributed by atoms with Crippen molar-refractivity contribution in [2.75, 3.05) is 0 Å². The van der Waals surface area contributed by atoms with E-state index in [1.165, 1.54) is 0 Å². The third-order valence-corrected chi connectivity index (χ3v) is 0. The molecular formula is CH11FOSi. The summed E-state index contributed by atoms with van der Waals surface area (Å²) in [6.07, 6.45) is 0. The maximum Gasteiger partial charge on any atom is -0.0149 e. The van der Waals surface area contributed by atoms with E-state index in [0.717, 1.165) is 0 Å². The summed E-state index contributed by atoms with van der Waals surface area (Å²) in [5.74, 6) is 0. The highest BCUT2D eigenvalue weighted by Crippen LogP contribution is 0.420. The van der Waals surface area contributed by atoms with E-state index in [-0.39, 0.29) is 28.6 Å². The number of rotatable bonds is 0. The zero-order valence-corrected chi connectivity index (χ0v) is 0.908. The fourth-order valence-corrected chi connectivity index (χ4v) is 0. The zero-order valence-electron chi connectivity index (χ0n) is 0.908. The van der Waals surface area contributed by atoms with Crippen molar-refractivity contribution in [3.63, 3.8) is 0 Å². The van der Waals surface area contributed by atoms with Crippen molar-refractivity contribution >= 4 is 11.0 Å². The van der Waals surface area contributed by atoms with Crippen molar-refractivity contribution in [3.8, 4) is 0 Å². The molecule has 0 aliphatic rings. The van der Waals surface area contributed by atoms with Crippen LogP contribution in [0.1, 0.15) is 7.43 Å². The first-order valence-corrected chi connectivity index (χ1v) is 0. The standard InChI is InChI=1S/CH4.FH.H2O.H4Si/h1H4;1H;1H2;1H4. The van der Waals surface area contributed by atoms with E-state index in [0.29, 0.717) is 0 Å². The van der Waals surface area contributed by atoms with Crippen LogP contribution in [0.25, 0.3) is 0 Å². The summed E-state index contributed by atoms with van der Waals surface area (Å²) in [6.45, 7) is 0. The average Bonchev–Trinajstić information content (AvgIpc) is 0. The summed E-state index contributed by atoms with van der Waals surface area (Å²) in [5.41, 5.74) is 0. The van der Waals surface area contributed by atoms with Crippen molar-refractivity contribution in [1.82, 2.24) is 0 Å². The Hall–Kier alpha value is 0.107. The molecule has 0 spiro atoms. The Balaban J connectivity index is 0. The first-order chi connectivity index (χ1) is 0. The highest BCUT2D eigenvalue weighted by atomic mass is 28.1. The van der Waals surface area contributed by atoms with Gasteiger partial charge in [0.2, 0.25) is 0 Å². The Morgan fingerprint density at radius 1 is 1.00 bits per heavy atom. The summed E-state index contributed by atoms with van der Waals surface area (Å²) in [4.78, 5) is 0. The van der Waals surface area contributed by atoms with Crippen molar-refractivity contribution in [2.45, 2.75) is 7.43 Å². The van der Waals surface area contributed by atoms with Crippen LogP contribution in [0.4, 0.5) is 4.70 Å². The molecule has 0 saturated carbocycles. The average molecular weight is 86.2 g/mol. The lowest BCUT2D eigenvalue weighted by Crippen LogP contribution is -0.381. The maximum atomic E-state index is 0. The van der Waals surface area contributed by atoms with Crippen LogP contribution >= 0.6 is 0 Å². The van der Waals surface area contributed by atoms with Gasteiger partial charge in [-0.25, -0.2) is 0 Å². The van der Waals surface area contributed by atoms with E-state index in [4.69, 9.17) is 0 Å². The minimum absolute atomic E-state index is 0. The van der Waals surface area contributed by atoms with Crippen LogP contribution in [0.5, 0.6) is 0 Å². The van der Waals surface area contributed by atoms with Gasteiger partial charge in [-0.05, 0) is 11.0 Å². The predicted molar refractivity (Wildman–Crippen MR) is 24.2 cm³/mol. The largest absolute Gasteiger partial charge is 0.412 e. The molecule has 0 bridgehead atoms. The van der Waals surface area contributed by atoms with Crippen LogP contribution in [-0.2, 0) is 0 Å². The summed E-state index contributed by atoms with van der Waals surface area (Å²) in [7, 11) is 0. The van der Waals surface area contributed by atoms with Gasteiger partial charge in [0.15, 0.2) is 0 Å². The molecule has 2 N–H and O–H groups in total. The molecule has 0 fully saturated rings. The number of halogens is 1.